The lowest BCUT2D eigenvalue weighted by Crippen LogP contribution is -2.49. The van der Waals surface area contributed by atoms with Crippen LogP contribution in [0, 0.1) is 0 Å². The molecule has 0 atom stereocenters. The van der Waals surface area contributed by atoms with Gasteiger partial charge in [-0.15, -0.1) is 16.8 Å². The topological polar surface area (TPSA) is 80.3 Å². The smallest absolute Gasteiger partial charge is 0.233 e. The molecule has 1 amide bonds. The summed E-state index contributed by atoms with van der Waals surface area (Å²) in [5, 5.41) is 9.14. The summed E-state index contributed by atoms with van der Waals surface area (Å²) in [6.45, 7) is 7.28. The standard InChI is InChI=1S/C20H22N6O2S/c1-2-9-26-19(16-6-5-14-28-16)22-23-20(26)29-15-18(27)25-12-10-24(11-13-25)17-7-3-4-8-21-17/h2-8,14H,1,9-13,15H2. The Balaban J connectivity index is 1.35. The van der Waals surface area contributed by atoms with Crippen molar-refractivity contribution in [1.29, 1.82) is 0 Å². The molecule has 0 aliphatic carbocycles. The highest BCUT2D eigenvalue weighted by atomic mass is 32.2. The van der Waals surface area contributed by atoms with Gasteiger partial charge in [-0.25, -0.2) is 4.98 Å². The molecule has 9 heteroatoms. The number of carbonyl (C=O) groups excluding carboxylic acids is 1. The summed E-state index contributed by atoms with van der Waals surface area (Å²) in [5.41, 5.74) is 0. The maximum atomic E-state index is 12.7. The molecule has 0 unspecified atom stereocenters. The molecule has 1 fully saturated rings. The van der Waals surface area contributed by atoms with Crippen LogP contribution in [-0.2, 0) is 11.3 Å². The fourth-order valence-electron chi connectivity index (χ4n) is 3.22. The fourth-order valence-corrected chi connectivity index (χ4v) is 4.07. The zero-order chi connectivity index (χ0) is 20.1. The van der Waals surface area contributed by atoms with Gasteiger partial charge in [-0.1, -0.05) is 23.9 Å². The normalized spacial score (nSPS) is 14.2. The molecule has 0 N–H and O–H groups in total. The van der Waals surface area contributed by atoms with Crippen LogP contribution in [0.4, 0.5) is 5.82 Å². The first-order valence-electron chi connectivity index (χ1n) is 9.41. The molecule has 4 heterocycles. The molecule has 0 spiro atoms. The van der Waals surface area contributed by atoms with Crippen LogP contribution < -0.4 is 4.90 Å². The summed E-state index contributed by atoms with van der Waals surface area (Å²) < 4.78 is 7.34. The molecule has 1 saturated heterocycles. The Bertz CT molecular complexity index is 949. The van der Waals surface area contributed by atoms with Gasteiger partial charge < -0.3 is 14.2 Å². The van der Waals surface area contributed by atoms with Gasteiger partial charge in [0.05, 0.1) is 12.0 Å². The van der Waals surface area contributed by atoms with Crippen molar-refractivity contribution in [3.05, 3.63) is 55.4 Å². The minimum Gasteiger partial charge on any atom is -0.461 e. The highest BCUT2D eigenvalue weighted by Gasteiger charge is 2.23. The molecule has 8 nitrogen and oxygen atoms in total. The molecule has 1 aliphatic heterocycles. The molecule has 4 rings (SSSR count). The Morgan fingerprint density at radius 3 is 2.72 bits per heavy atom. The van der Waals surface area contributed by atoms with E-state index in [0.717, 1.165) is 18.9 Å². The van der Waals surface area contributed by atoms with Crippen LogP contribution in [0.25, 0.3) is 11.6 Å². The average Bonchev–Trinajstić information content (AvgIpc) is 3.43. The number of carbonyl (C=O) groups is 1. The van der Waals surface area contributed by atoms with Gasteiger partial charge in [0.25, 0.3) is 0 Å². The van der Waals surface area contributed by atoms with Gasteiger partial charge in [0.2, 0.25) is 11.7 Å². The third kappa shape index (κ3) is 4.34. The van der Waals surface area contributed by atoms with E-state index in [1.54, 1.807) is 18.5 Å². The van der Waals surface area contributed by atoms with Crippen LogP contribution >= 0.6 is 11.8 Å². The second-order valence-electron chi connectivity index (χ2n) is 6.53. The van der Waals surface area contributed by atoms with E-state index in [9.17, 15) is 4.79 Å². The highest BCUT2D eigenvalue weighted by molar-refractivity contribution is 7.99. The van der Waals surface area contributed by atoms with Gasteiger partial charge in [-0.05, 0) is 24.3 Å². The number of aromatic nitrogens is 4. The van der Waals surface area contributed by atoms with Crippen LogP contribution in [0.15, 0.2) is 65.0 Å². The Morgan fingerprint density at radius 2 is 2.03 bits per heavy atom. The number of anilines is 1. The lowest BCUT2D eigenvalue weighted by atomic mass is 10.3. The van der Waals surface area contributed by atoms with Gasteiger partial charge in [0.15, 0.2) is 10.9 Å². The summed E-state index contributed by atoms with van der Waals surface area (Å²) in [7, 11) is 0. The summed E-state index contributed by atoms with van der Waals surface area (Å²) in [6, 6.07) is 9.53. The van der Waals surface area contributed by atoms with Gasteiger partial charge in [-0.2, -0.15) is 0 Å². The van der Waals surface area contributed by atoms with E-state index in [1.807, 2.05) is 39.8 Å². The SMILES string of the molecule is C=CCn1c(SCC(=O)N2CCN(c3ccccn3)CC2)nnc1-c1ccco1. The molecule has 29 heavy (non-hydrogen) atoms. The number of furan rings is 1. The van der Waals surface area contributed by atoms with Gasteiger partial charge in [0.1, 0.15) is 5.82 Å². The van der Waals surface area contributed by atoms with Crippen LogP contribution in [0.5, 0.6) is 0 Å². The molecule has 0 radical (unpaired) electrons. The number of piperazine rings is 1. The first-order chi connectivity index (χ1) is 14.3. The molecule has 1 aliphatic rings. The van der Waals surface area contributed by atoms with Gasteiger partial charge in [0, 0.05) is 38.9 Å². The van der Waals surface area contributed by atoms with Crippen molar-refractivity contribution in [2.24, 2.45) is 0 Å². The van der Waals surface area contributed by atoms with Crippen molar-refractivity contribution in [2.45, 2.75) is 11.7 Å². The molecule has 0 aromatic carbocycles. The highest BCUT2D eigenvalue weighted by Crippen LogP contribution is 2.25. The number of nitrogens with zero attached hydrogens (tertiary/aromatic N) is 6. The molecular formula is C20H22N6O2S. The second kappa shape index (κ2) is 8.95. The van der Waals surface area contributed by atoms with E-state index >= 15 is 0 Å². The summed E-state index contributed by atoms with van der Waals surface area (Å²) in [6.07, 6.45) is 5.17. The summed E-state index contributed by atoms with van der Waals surface area (Å²) in [5.74, 6) is 2.65. The Kier molecular flexibility index (Phi) is 5.95. The summed E-state index contributed by atoms with van der Waals surface area (Å²) in [4.78, 5) is 21.2. The number of hydrogen-bond donors (Lipinski definition) is 0. The van der Waals surface area contributed by atoms with Gasteiger partial charge >= 0.3 is 0 Å². The van der Waals surface area contributed by atoms with E-state index in [-0.39, 0.29) is 5.91 Å². The predicted octanol–water partition coefficient (Wildman–Crippen LogP) is 2.56. The van der Waals surface area contributed by atoms with Crippen molar-refractivity contribution in [2.75, 3.05) is 36.8 Å². The number of allylic oxidation sites excluding steroid dienone is 1. The van der Waals surface area contributed by atoms with Crippen LogP contribution in [-0.4, -0.2) is 62.5 Å². The monoisotopic (exact) mass is 410 g/mol. The van der Waals surface area contributed by atoms with Crippen molar-refractivity contribution >= 4 is 23.5 Å². The molecule has 3 aromatic rings. The Hall–Kier alpha value is -3.07. The Labute approximate surface area is 173 Å². The maximum Gasteiger partial charge on any atom is 0.233 e. The minimum absolute atomic E-state index is 0.100. The van der Waals surface area contributed by atoms with Crippen molar-refractivity contribution in [3.63, 3.8) is 0 Å². The third-order valence-corrected chi connectivity index (χ3v) is 5.65. The molecule has 0 saturated carbocycles. The zero-order valence-corrected chi connectivity index (χ0v) is 16.8. The van der Waals surface area contributed by atoms with Crippen molar-refractivity contribution in [3.8, 4) is 11.6 Å². The number of amides is 1. The van der Waals surface area contributed by atoms with E-state index < -0.39 is 0 Å². The largest absolute Gasteiger partial charge is 0.461 e. The van der Waals surface area contributed by atoms with E-state index in [0.29, 0.717) is 42.1 Å². The molecular weight excluding hydrogens is 388 g/mol. The molecule has 3 aromatic heterocycles. The molecule has 150 valence electrons. The first kappa shape index (κ1) is 19.3. The predicted molar refractivity (Wildman–Crippen MR) is 112 cm³/mol. The van der Waals surface area contributed by atoms with Gasteiger partial charge in [-0.3, -0.25) is 9.36 Å². The number of pyridine rings is 1. The Morgan fingerprint density at radius 1 is 1.17 bits per heavy atom. The lowest BCUT2D eigenvalue weighted by molar-refractivity contribution is -0.128. The minimum atomic E-state index is 0.100. The van der Waals surface area contributed by atoms with E-state index in [2.05, 4.69) is 26.7 Å². The van der Waals surface area contributed by atoms with Crippen LogP contribution in [0.1, 0.15) is 0 Å². The fraction of sp³-hybridized carbons (Fsp3) is 0.300. The first-order valence-corrected chi connectivity index (χ1v) is 10.4. The zero-order valence-electron chi connectivity index (χ0n) is 16.0. The number of hydrogen-bond acceptors (Lipinski definition) is 7. The van der Waals surface area contributed by atoms with E-state index in [1.165, 1.54) is 11.8 Å². The van der Waals surface area contributed by atoms with Crippen molar-refractivity contribution < 1.29 is 9.21 Å². The average molecular weight is 411 g/mol. The lowest BCUT2D eigenvalue weighted by Gasteiger charge is -2.35. The molecule has 0 bridgehead atoms. The number of rotatable bonds is 7. The third-order valence-electron chi connectivity index (χ3n) is 4.70. The summed E-state index contributed by atoms with van der Waals surface area (Å²) >= 11 is 1.39. The van der Waals surface area contributed by atoms with E-state index in [4.69, 9.17) is 4.42 Å². The van der Waals surface area contributed by atoms with Crippen LogP contribution in [0.3, 0.4) is 0 Å². The van der Waals surface area contributed by atoms with Crippen molar-refractivity contribution in [1.82, 2.24) is 24.6 Å². The van der Waals surface area contributed by atoms with Crippen LogP contribution in [0.2, 0.25) is 0 Å². The maximum absolute atomic E-state index is 12.7. The quantitative estimate of drug-likeness (QED) is 0.437. The number of thioether (sulfide) groups is 1. The second-order valence-corrected chi connectivity index (χ2v) is 7.47.